The minimum atomic E-state index is -1.04. The number of nitrogens with one attached hydrogen (secondary N) is 2. The van der Waals surface area contributed by atoms with Crippen molar-refractivity contribution >= 4 is 29.3 Å². The highest BCUT2D eigenvalue weighted by Gasteiger charge is 2.33. The first-order valence-corrected chi connectivity index (χ1v) is 11.3. The lowest BCUT2D eigenvalue weighted by molar-refractivity contribution is -0.153. The summed E-state index contributed by atoms with van der Waals surface area (Å²) in [6, 6.07) is 4.57. The molecule has 0 saturated heterocycles. The lowest BCUT2D eigenvalue weighted by Gasteiger charge is -2.31. The topological polar surface area (TPSA) is 97.0 Å². The van der Waals surface area contributed by atoms with Crippen molar-refractivity contribution in [3.8, 4) is 5.75 Å². The van der Waals surface area contributed by atoms with E-state index in [2.05, 4.69) is 10.6 Å². The van der Waals surface area contributed by atoms with Gasteiger partial charge in [0.1, 0.15) is 18.0 Å². The fourth-order valence-electron chi connectivity index (χ4n) is 3.26. The molecule has 1 atom stereocenters. The number of benzene rings is 1. The summed E-state index contributed by atoms with van der Waals surface area (Å²) < 4.78 is 11.2. The minimum Gasteiger partial charge on any atom is -0.491 e. The van der Waals surface area contributed by atoms with Gasteiger partial charge in [-0.3, -0.25) is 14.4 Å². The van der Waals surface area contributed by atoms with Crippen molar-refractivity contribution in [2.75, 3.05) is 33.4 Å². The van der Waals surface area contributed by atoms with Gasteiger partial charge in [-0.15, -0.1) is 0 Å². The molecular formula is C23H34ClN3O5. The zero-order valence-corrected chi connectivity index (χ0v) is 20.3. The van der Waals surface area contributed by atoms with E-state index in [0.29, 0.717) is 42.3 Å². The molecule has 178 valence electrons. The molecule has 0 spiro atoms. The van der Waals surface area contributed by atoms with Gasteiger partial charge in [0.25, 0.3) is 11.8 Å². The Labute approximate surface area is 195 Å². The van der Waals surface area contributed by atoms with E-state index in [-0.39, 0.29) is 42.8 Å². The predicted octanol–water partition coefficient (Wildman–Crippen LogP) is 2.64. The molecular weight excluding hydrogens is 434 g/mol. The number of nitrogens with zero attached hydrogens (tertiary/aromatic N) is 1. The Balaban J connectivity index is 2.27. The molecule has 1 aromatic carbocycles. The van der Waals surface area contributed by atoms with E-state index < -0.39 is 5.60 Å². The lowest BCUT2D eigenvalue weighted by Crippen LogP contribution is -2.52. The Kier molecular flexibility index (Phi) is 9.33. The number of hydrogen-bond donors (Lipinski definition) is 2. The first kappa shape index (κ1) is 25.9. The zero-order valence-electron chi connectivity index (χ0n) is 19.5. The standard InChI is InChI=1S/C23H34ClN3O5/c1-15(2)18-14-32-19-9-8-16(24)12-17(19)21(29)25-10-6-7-11-27(13-20(28)26-18)22(30)23(3,4)31-5/h8-9,12,15,18H,6-7,10-11,13-14H2,1-5H3,(H,25,29)(H,26,28)/t18-/m0/s1. The molecule has 0 radical (unpaired) electrons. The molecule has 8 nitrogen and oxygen atoms in total. The highest BCUT2D eigenvalue weighted by atomic mass is 35.5. The number of ether oxygens (including phenoxy) is 2. The molecule has 1 aliphatic heterocycles. The van der Waals surface area contributed by atoms with Crippen molar-refractivity contribution in [2.24, 2.45) is 5.92 Å². The van der Waals surface area contributed by atoms with Gasteiger partial charge in [0.2, 0.25) is 5.91 Å². The number of halogens is 1. The summed E-state index contributed by atoms with van der Waals surface area (Å²) in [6.07, 6.45) is 1.25. The maximum absolute atomic E-state index is 13.0. The molecule has 32 heavy (non-hydrogen) atoms. The van der Waals surface area contributed by atoms with Gasteiger partial charge in [0, 0.05) is 25.2 Å². The van der Waals surface area contributed by atoms with Gasteiger partial charge in [0.15, 0.2) is 0 Å². The molecule has 0 bridgehead atoms. The summed E-state index contributed by atoms with van der Waals surface area (Å²) >= 11 is 6.09. The largest absolute Gasteiger partial charge is 0.491 e. The molecule has 0 aliphatic carbocycles. The summed E-state index contributed by atoms with van der Waals surface area (Å²) in [5.74, 6) is -0.342. The second-order valence-electron chi connectivity index (χ2n) is 8.77. The molecule has 1 aliphatic rings. The van der Waals surface area contributed by atoms with Crippen LogP contribution in [0.2, 0.25) is 5.02 Å². The fraction of sp³-hybridized carbons (Fsp3) is 0.609. The van der Waals surface area contributed by atoms with Crippen molar-refractivity contribution < 1.29 is 23.9 Å². The molecule has 9 heteroatoms. The van der Waals surface area contributed by atoms with Crippen LogP contribution in [0.1, 0.15) is 50.9 Å². The van der Waals surface area contributed by atoms with Gasteiger partial charge in [-0.2, -0.15) is 0 Å². The van der Waals surface area contributed by atoms with Crippen LogP contribution >= 0.6 is 11.6 Å². The molecule has 1 heterocycles. The van der Waals surface area contributed by atoms with Crippen LogP contribution in [0.15, 0.2) is 18.2 Å². The van der Waals surface area contributed by atoms with E-state index in [9.17, 15) is 14.4 Å². The summed E-state index contributed by atoms with van der Waals surface area (Å²) in [6.45, 7) is 8.17. The van der Waals surface area contributed by atoms with Crippen LogP contribution in [-0.4, -0.2) is 67.6 Å². The normalized spacial score (nSPS) is 19.2. The molecule has 3 amide bonds. The first-order valence-electron chi connectivity index (χ1n) is 10.9. The van der Waals surface area contributed by atoms with E-state index in [1.807, 2.05) is 13.8 Å². The predicted molar refractivity (Wildman–Crippen MR) is 123 cm³/mol. The van der Waals surface area contributed by atoms with Gasteiger partial charge in [-0.1, -0.05) is 25.4 Å². The van der Waals surface area contributed by atoms with Gasteiger partial charge in [0.05, 0.1) is 18.2 Å². The number of amides is 3. The highest BCUT2D eigenvalue weighted by molar-refractivity contribution is 6.31. The summed E-state index contributed by atoms with van der Waals surface area (Å²) in [4.78, 5) is 40.0. The Hall–Kier alpha value is -2.32. The van der Waals surface area contributed by atoms with Crippen molar-refractivity contribution in [3.63, 3.8) is 0 Å². The Bertz CT molecular complexity index is 828. The van der Waals surface area contributed by atoms with Crippen molar-refractivity contribution in [1.82, 2.24) is 15.5 Å². The van der Waals surface area contributed by atoms with Gasteiger partial charge >= 0.3 is 0 Å². The quantitative estimate of drug-likeness (QED) is 0.712. The molecule has 1 aromatic rings. The lowest BCUT2D eigenvalue weighted by atomic mass is 10.0. The maximum atomic E-state index is 13.0. The van der Waals surface area contributed by atoms with Gasteiger partial charge in [-0.05, 0) is 50.8 Å². The van der Waals surface area contributed by atoms with E-state index in [1.165, 1.54) is 12.0 Å². The monoisotopic (exact) mass is 467 g/mol. The SMILES string of the molecule is COC(C)(C)C(=O)N1CCCCNC(=O)c2cc(Cl)ccc2OC[C@@H](C(C)C)NC(=O)C1. The smallest absolute Gasteiger partial charge is 0.255 e. The van der Waals surface area contributed by atoms with E-state index in [1.54, 1.807) is 32.0 Å². The minimum absolute atomic E-state index is 0.0683. The van der Waals surface area contributed by atoms with Crippen molar-refractivity contribution in [2.45, 2.75) is 52.2 Å². The Morgan fingerprint density at radius 2 is 2.00 bits per heavy atom. The van der Waals surface area contributed by atoms with Gasteiger partial charge < -0.3 is 25.0 Å². The fourth-order valence-corrected chi connectivity index (χ4v) is 3.43. The van der Waals surface area contributed by atoms with Crippen molar-refractivity contribution in [3.05, 3.63) is 28.8 Å². The number of methoxy groups -OCH3 is 1. The number of hydrogen-bond acceptors (Lipinski definition) is 5. The van der Waals surface area contributed by atoms with Crippen LogP contribution in [0.4, 0.5) is 0 Å². The highest BCUT2D eigenvalue weighted by Crippen LogP contribution is 2.24. The molecule has 0 unspecified atom stereocenters. The third-order valence-corrected chi connectivity index (χ3v) is 5.78. The van der Waals surface area contributed by atoms with Crippen LogP contribution in [-0.2, 0) is 14.3 Å². The van der Waals surface area contributed by atoms with Crippen LogP contribution in [0.3, 0.4) is 0 Å². The number of carbonyl (C=O) groups excluding carboxylic acids is 3. The average molecular weight is 468 g/mol. The van der Waals surface area contributed by atoms with Crippen LogP contribution in [0.25, 0.3) is 0 Å². The van der Waals surface area contributed by atoms with E-state index >= 15 is 0 Å². The van der Waals surface area contributed by atoms with Gasteiger partial charge in [-0.25, -0.2) is 0 Å². The first-order chi connectivity index (χ1) is 15.0. The van der Waals surface area contributed by atoms with Crippen molar-refractivity contribution in [1.29, 1.82) is 0 Å². The number of carbonyl (C=O) groups is 3. The Morgan fingerprint density at radius 3 is 2.66 bits per heavy atom. The van der Waals surface area contributed by atoms with Crippen LogP contribution < -0.4 is 15.4 Å². The number of fused-ring (bicyclic) bond motifs is 1. The molecule has 2 rings (SSSR count). The molecule has 0 saturated carbocycles. The number of rotatable bonds is 3. The van der Waals surface area contributed by atoms with Crippen LogP contribution in [0, 0.1) is 5.92 Å². The molecule has 2 N–H and O–H groups in total. The summed E-state index contributed by atoms with van der Waals surface area (Å²) in [7, 11) is 1.47. The Morgan fingerprint density at radius 1 is 1.28 bits per heavy atom. The second-order valence-corrected chi connectivity index (χ2v) is 9.21. The summed E-state index contributed by atoms with van der Waals surface area (Å²) in [5, 5.41) is 6.28. The average Bonchev–Trinajstić information content (AvgIpc) is 2.75. The van der Waals surface area contributed by atoms with E-state index in [0.717, 1.165) is 0 Å². The van der Waals surface area contributed by atoms with Crippen LogP contribution in [0.5, 0.6) is 5.75 Å². The van der Waals surface area contributed by atoms with E-state index in [4.69, 9.17) is 21.1 Å². The zero-order chi connectivity index (χ0) is 23.9. The second kappa shape index (κ2) is 11.5. The molecule has 0 fully saturated rings. The summed E-state index contributed by atoms with van der Waals surface area (Å²) in [5.41, 5.74) is -0.696. The molecule has 0 aromatic heterocycles. The third-order valence-electron chi connectivity index (χ3n) is 5.54. The maximum Gasteiger partial charge on any atom is 0.255 e. The third kappa shape index (κ3) is 7.10.